The minimum Gasteiger partial charge on any atom is -0.384 e. The van der Waals surface area contributed by atoms with Gasteiger partial charge in [0.1, 0.15) is 5.84 Å². The fourth-order valence-corrected chi connectivity index (χ4v) is 3.21. The van der Waals surface area contributed by atoms with Gasteiger partial charge in [0.25, 0.3) is 0 Å². The van der Waals surface area contributed by atoms with Crippen molar-refractivity contribution in [1.82, 2.24) is 0 Å². The van der Waals surface area contributed by atoms with Gasteiger partial charge >= 0.3 is 0 Å². The Hall–Kier alpha value is -1.36. The maximum absolute atomic E-state index is 11.4. The summed E-state index contributed by atoms with van der Waals surface area (Å²) >= 11 is 0. The first kappa shape index (κ1) is 12.1. The summed E-state index contributed by atoms with van der Waals surface area (Å²) in [5.41, 5.74) is 8.53. The first-order chi connectivity index (χ1) is 8.09. The zero-order valence-corrected chi connectivity index (χ0v) is 10.7. The molecule has 1 aromatic rings. The van der Waals surface area contributed by atoms with Crippen molar-refractivity contribution in [2.45, 2.75) is 6.92 Å². The van der Waals surface area contributed by atoms with Gasteiger partial charge in [-0.05, 0) is 18.6 Å². The summed E-state index contributed by atoms with van der Waals surface area (Å²) in [4.78, 5) is 2.19. The Morgan fingerprint density at radius 3 is 2.65 bits per heavy atom. The van der Waals surface area contributed by atoms with Crippen LogP contribution in [0.15, 0.2) is 18.2 Å². The molecule has 1 aliphatic heterocycles. The van der Waals surface area contributed by atoms with E-state index in [9.17, 15) is 4.21 Å². The van der Waals surface area contributed by atoms with Crippen LogP contribution in [0.5, 0.6) is 0 Å². The Bertz CT molecular complexity index is 463. The second kappa shape index (κ2) is 4.87. The van der Waals surface area contributed by atoms with E-state index < -0.39 is 10.8 Å². The summed E-state index contributed by atoms with van der Waals surface area (Å²) in [6, 6.07) is 5.81. The molecule has 0 radical (unpaired) electrons. The molecule has 0 unspecified atom stereocenters. The molecular weight excluding hydrogens is 234 g/mol. The summed E-state index contributed by atoms with van der Waals surface area (Å²) < 4.78 is 11.4. The fourth-order valence-electron chi connectivity index (χ4n) is 2.16. The normalized spacial score (nSPS) is 17.1. The largest absolute Gasteiger partial charge is 0.384 e. The van der Waals surface area contributed by atoms with E-state index in [1.165, 1.54) is 0 Å². The van der Waals surface area contributed by atoms with Gasteiger partial charge in [-0.15, -0.1) is 0 Å². The van der Waals surface area contributed by atoms with Crippen LogP contribution in [0.25, 0.3) is 0 Å². The third-order valence-corrected chi connectivity index (χ3v) is 4.30. The van der Waals surface area contributed by atoms with Crippen LogP contribution >= 0.6 is 0 Å². The number of aryl methyl sites for hydroxylation is 1. The molecule has 0 saturated carbocycles. The molecule has 1 heterocycles. The minimum absolute atomic E-state index is 0.0930. The van der Waals surface area contributed by atoms with Crippen molar-refractivity contribution in [2.75, 3.05) is 29.5 Å². The molecule has 1 aliphatic rings. The van der Waals surface area contributed by atoms with E-state index >= 15 is 0 Å². The Kier molecular flexibility index (Phi) is 3.47. The van der Waals surface area contributed by atoms with Crippen LogP contribution < -0.4 is 10.6 Å². The molecule has 0 spiro atoms. The van der Waals surface area contributed by atoms with E-state index in [4.69, 9.17) is 11.1 Å². The van der Waals surface area contributed by atoms with Gasteiger partial charge in [-0.3, -0.25) is 9.62 Å². The lowest BCUT2D eigenvalue weighted by atomic mass is 10.1. The molecule has 0 atom stereocenters. The van der Waals surface area contributed by atoms with Crippen LogP contribution in [0.4, 0.5) is 5.69 Å². The number of para-hydroxylation sites is 1. The van der Waals surface area contributed by atoms with Crippen molar-refractivity contribution in [2.24, 2.45) is 5.73 Å². The molecule has 0 aromatic heterocycles. The first-order valence-corrected chi connectivity index (χ1v) is 7.12. The number of hydrogen-bond donors (Lipinski definition) is 2. The van der Waals surface area contributed by atoms with E-state index in [1.54, 1.807) is 0 Å². The highest BCUT2D eigenvalue weighted by atomic mass is 32.2. The number of hydrogen-bond acceptors (Lipinski definition) is 3. The van der Waals surface area contributed by atoms with Crippen molar-refractivity contribution >= 4 is 22.3 Å². The predicted octanol–water partition coefficient (Wildman–Crippen LogP) is 0.848. The SMILES string of the molecule is Cc1cccc(C(=N)N)c1N1CCS(=O)CC1. The number of nitrogens with zero attached hydrogens (tertiary/aromatic N) is 1. The highest BCUT2D eigenvalue weighted by Gasteiger charge is 2.20. The minimum atomic E-state index is -0.685. The molecule has 1 aromatic carbocycles. The molecule has 0 bridgehead atoms. The molecule has 92 valence electrons. The van der Waals surface area contributed by atoms with Crippen molar-refractivity contribution < 1.29 is 4.21 Å². The average molecular weight is 251 g/mol. The van der Waals surface area contributed by atoms with Gasteiger partial charge in [-0.2, -0.15) is 0 Å². The van der Waals surface area contributed by atoms with Gasteiger partial charge < -0.3 is 10.6 Å². The predicted molar refractivity (Wildman–Crippen MR) is 72.3 cm³/mol. The number of nitrogens with two attached hydrogens (primary N) is 1. The molecule has 5 heteroatoms. The lowest BCUT2D eigenvalue weighted by Crippen LogP contribution is -2.39. The number of nitrogens with one attached hydrogen (secondary N) is 1. The number of nitrogen functional groups attached to an aromatic ring is 1. The van der Waals surface area contributed by atoms with Crippen molar-refractivity contribution in [3.05, 3.63) is 29.3 Å². The Balaban J connectivity index is 2.36. The summed E-state index contributed by atoms with van der Waals surface area (Å²) in [5.74, 6) is 1.49. The number of amidine groups is 1. The smallest absolute Gasteiger partial charge is 0.124 e. The molecule has 3 N–H and O–H groups in total. The van der Waals surface area contributed by atoms with Gasteiger partial charge in [0.05, 0.1) is 5.69 Å². The van der Waals surface area contributed by atoms with Crippen LogP contribution in [-0.4, -0.2) is 34.6 Å². The molecule has 17 heavy (non-hydrogen) atoms. The highest BCUT2D eigenvalue weighted by molar-refractivity contribution is 7.85. The summed E-state index contributed by atoms with van der Waals surface area (Å²) in [6.45, 7) is 3.57. The van der Waals surface area contributed by atoms with Crippen LogP contribution in [0.1, 0.15) is 11.1 Å². The number of rotatable bonds is 2. The molecule has 4 nitrogen and oxygen atoms in total. The number of benzene rings is 1. The van der Waals surface area contributed by atoms with Gasteiger partial charge in [0, 0.05) is 41.0 Å². The molecule has 0 aliphatic carbocycles. The standard InChI is InChI=1S/C12H17N3OS/c1-9-3-2-4-10(12(13)14)11(9)15-5-7-17(16)8-6-15/h2-4H,5-8H2,1H3,(H3,13,14). The summed E-state index contributed by atoms with van der Waals surface area (Å²) in [7, 11) is -0.685. The van der Waals surface area contributed by atoms with Gasteiger partial charge in [-0.1, -0.05) is 12.1 Å². The van der Waals surface area contributed by atoms with Crippen molar-refractivity contribution in [3.8, 4) is 0 Å². The third kappa shape index (κ3) is 2.49. The molecular formula is C12H17N3OS. The summed E-state index contributed by atoms with van der Waals surface area (Å²) in [6.07, 6.45) is 0. The van der Waals surface area contributed by atoms with Crippen LogP contribution in [0, 0.1) is 12.3 Å². The average Bonchev–Trinajstić information content (AvgIpc) is 2.30. The third-order valence-electron chi connectivity index (χ3n) is 3.02. The van der Waals surface area contributed by atoms with Crippen molar-refractivity contribution in [3.63, 3.8) is 0 Å². The Morgan fingerprint density at radius 2 is 2.06 bits per heavy atom. The van der Waals surface area contributed by atoms with Crippen LogP contribution in [0.3, 0.4) is 0 Å². The van der Waals surface area contributed by atoms with Crippen molar-refractivity contribution in [1.29, 1.82) is 5.41 Å². The topological polar surface area (TPSA) is 70.2 Å². The Labute approximate surface area is 104 Å². The second-order valence-electron chi connectivity index (χ2n) is 4.22. The highest BCUT2D eigenvalue weighted by Crippen LogP contribution is 2.25. The maximum Gasteiger partial charge on any atom is 0.124 e. The summed E-state index contributed by atoms with van der Waals surface area (Å²) in [5, 5.41) is 7.62. The van der Waals surface area contributed by atoms with Gasteiger partial charge in [0.15, 0.2) is 0 Å². The quantitative estimate of drug-likeness (QED) is 0.604. The lowest BCUT2D eigenvalue weighted by molar-refractivity contribution is 0.673. The van der Waals surface area contributed by atoms with Gasteiger partial charge in [0.2, 0.25) is 0 Å². The fraction of sp³-hybridized carbons (Fsp3) is 0.417. The lowest BCUT2D eigenvalue weighted by Gasteiger charge is -2.31. The van der Waals surface area contributed by atoms with Gasteiger partial charge in [-0.25, -0.2) is 0 Å². The van der Waals surface area contributed by atoms with E-state index in [-0.39, 0.29) is 5.84 Å². The second-order valence-corrected chi connectivity index (χ2v) is 5.92. The van der Waals surface area contributed by atoms with E-state index in [1.807, 2.05) is 25.1 Å². The maximum atomic E-state index is 11.4. The molecule has 2 rings (SSSR count). The zero-order chi connectivity index (χ0) is 12.4. The van der Waals surface area contributed by atoms with Crippen LogP contribution in [0.2, 0.25) is 0 Å². The molecule has 1 fully saturated rings. The van der Waals surface area contributed by atoms with E-state index in [2.05, 4.69) is 4.90 Å². The Morgan fingerprint density at radius 1 is 1.41 bits per heavy atom. The monoisotopic (exact) mass is 251 g/mol. The molecule has 0 amide bonds. The van der Waals surface area contributed by atoms with Crippen LogP contribution in [-0.2, 0) is 10.8 Å². The first-order valence-electron chi connectivity index (χ1n) is 5.63. The number of anilines is 1. The van der Waals surface area contributed by atoms with E-state index in [0.717, 1.165) is 29.9 Å². The molecule has 1 saturated heterocycles. The zero-order valence-electron chi connectivity index (χ0n) is 9.90. The van der Waals surface area contributed by atoms with E-state index in [0.29, 0.717) is 11.5 Å².